The van der Waals surface area contributed by atoms with Gasteiger partial charge in [-0.2, -0.15) is 0 Å². The van der Waals surface area contributed by atoms with E-state index in [9.17, 15) is 19.8 Å². The molecule has 0 aromatic heterocycles. The lowest BCUT2D eigenvalue weighted by molar-refractivity contribution is -0.151. The average Bonchev–Trinajstić information content (AvgIpc) is 3.23. The molecule has 1 amide bonds. The largest absolute Gasteiger partial charge is 0.462 e. The van der Waals surface area contributed by atoms with E-state index in [1.54, 1.807) is 0 Å². The van der Waals surface area contributed by atoms with Crippen molar-refractivity contribution >= 4 is 11.9 Å². The van der Waals surface area contributed by atoms with Crippen molar-refractivity contribution in [3.8, 4) is 0 Å². The number of ether oxygens (including phenoxy) is 1. The molecule has 0 aliphatic rings. The van der Waals surface area contributed by atoms with Gasteiger partial charge in [-0.05, 0) is 70.6 Å². The van der Waals surface area contributed by atoms with E-state index < -0.39 is 18.2 Å². The molecule has 0 rings (SSSR count). The maximum atomic E-state index is 13.2. The van der Waals surface area contributed by atoms with E-state index in [2.05, 4.69) is 74.7 Å². The molecule has 3 unspecified atom stereocenters. The van der Waals surface area contributed by atoms with E-state index >= 15 is 0 Å². The minimum Gasteiger partial charge on any atom is -0.462 e. The van der Waals surface area contributed by atoms with E-state index in [4.69, 9.17) is 4.74 Å². The number of nitrogens with one attached hydrogen (secondary N) is 1. The third-order valence-electron chi connectivity index (χ3n) is 11.2. The van der Waals surface area contributed by atoms with Crippen LogP contribution in [0.25, 0.3) is 0 Å². The molecule has 0 radical (unpaired) electrons. The molecular weight excluding hydrogens is 731 g/mol. The predicted molar refractivity (Wildman–Crippen MR) is 255 cm³/mol. The van der Waals surface area contributed by atoms with Crippen LogP contribution in [0.3, 0.4) is 0 Å². The summed E-state index contributed by atoms with van der Waals surface area (Å²) in [5.74, 6) is -0.527. The summed E-state index contributed by atoms with van der Waals surface area (Å²) in [5, 5.41) is 23.7. The van der Waals surface area contributed by atoms with Crippen molar-refractivity contribution in [3.63, 3.8) is 0 Å². The van der Waals surface area contributed by atoms with Crippen molar-refractivity contribution in [1.29, 1.82) is 0 Å². The second-order valence-electron chi connectivity index (χ2n) is 16.9. The van der Waals surface area contributed by atoms with Gasteiger partial charge in [0.05, 0.1) is 25.2 Å². The fourth-order valence-corrected chi connectivity index (χ4v) is 7.36. The Hall–Kier alpha value is -2.44. The Balaban J connectivity index is 4.58. The zero-order chi connectivity index (χ0) is 43.1. The molecule has 0 aliphatic carbocycles. The molecule has 0 fully saturated rings. The molecule has 0 spiro atoms. The van der Waals surface area contributed by atoms with Crippen LogP contribution in [0.1, 0.15) is 239 Å². The highest BCUT2D eigenvalue weighted by atomic mass is 16.5. The highest BCUT2D eigenvalue weighted by molar-refractivity contribution is 5.77. The Bertz CT molecular complexity index is 1060. The smallest absolute Gasteiger partial charge is 0.306 e. The van der Waals surface area contributed by atoms with Crippen molar-refractivity contribution < 1.29 is 24.5 Å². The Morgan fingerprint density at radius 3 is 1.41 bits per heavy atom. The summed E-state index contributed by atoms with van der Waals surface area (Å²) in [4.78, 5) is 26.1. The number of unbranched alkanes of at least 4 members (excludes halogenated alkanes) is 25. The topological polar surface area (TPSA) is 95.9 Å². The van der Waals surface area contributed by atoms with E-state index in [0.29, 0.717) is 19.3 Å². The van der Waals surface area contributed by atoms with Crippen LogP contribution in [-0.2, 0) is 14.3 Å². The van der Waals surface area contributed by atoms with Crippen LogP contribution in [0.5, 0.6) is 0 Å². The quantitative estimate of drug-likeness (QED) is 0.0323. The molecule has 0 bridgehead atoms. The van der Waals surface area contributed by atoms with Gasteiger partial charge < -0.3 is 20.3 Å². The number of aliphatic hydroxyl groups excluding tert-OH is 2. The molecule has 0 heterocycles. The number of carbonyl (C=O) groups excluding carboxylic acids is 2. The zero-order valence-corrected chi connectivity index (χ0v) is 38.9. The molecule has 59 heavy (non-hydrogen) atoms. The number of carbonyl (C=O) groups is 2. The highest BCUT2D eigenvalue weighted by Crippen LogP contribution is 2.17. The number of hydrogen-bond acceptors (Lipinski definition) is 5. The van der Waals surface area contributed by atoms with Gasteiger partial charge in [0.25, 0.3) is 0 Å². The van der Waals surface area contributed by atoms with Crippen LogP contribution >= 0.6 is 0 Å². The van der Waals surface area contributed by atoms with Crippen LogP contribution < -0.4 is 5.32 Å². The average molecular weight is 826 g/mol. The van der Waals surface area contributed by atoms with Crippen LogP contribution in [-0.4, -0.2) is 46.9 Å². The summed E-state index contributed by atoms with van der Waals surface area (Å²) in [6.45, 7) is 6.32. The first kappa shape index (κ1) is 56.6. The fraction of sp³-hybridized carbons (Fsp3) is 0.774. The van der Waals surface area contributed by atoms with Gasteiger partial charge in [-0.1, -0.05) is 216 Å². The Morgan fingerprint density at radius 2 is 0.915 bits per heavy atom. The highest BCUT2D eigenvalue weighted by Gasteiger charge is 2.24. The Morgan fingerprint density at radius 1 is 0.508 bits per heavy atom. The van der Waals surface area contributed by atoms with E-state index in [0.717, 1.165) is 89.9 Å². The van der Waals surface area contributed by atoms with E-state index in [-0.39, 0.29) is 24.9 Å². The number of amides is 1. The number of rotatable bonds is 44. The van der Waals surface area contributed by atoms with Gasteiger partial charge >= 0.3 is 5.97 Å². The number of esters is 1. The molecule has 342 valence electrons. The van der Waals surface area contributed by atoms with Crippen molar-refractivity contribution in [2.45, 2.75) is 257 Å². The normalized spacial score (nSPS) is 13.8. The third kappa shape index (κ3) is 42.1. The van der Waals surface area contributed by atoms with Gasteiger partial charge in [0, 0.05) is 6.42 Å². The first-order valence-corrected chi connectivity index (χ1v) is 25.1. The minimum atomic E-state index is -0.800. The molecule has 0 aromatic carbocycles. The van der Waals surface area contributed by atoms with Crippen LogP contribution in [0.2, 0.25) is 0 Å². The monoisotopic (exact) mass is 826 g/mol. The lowest BCUT2D eigenvalue weighted by Crippen LogP contribution is -2.46. The predicted octanol–water partition coefficient (Wildman–Crippen LogP) is 14.8. The fourth-order valence-electron chi connectivity index (χ4n) is 7.36. The molecule has 6 heteroatoms. The number of hydrogen-bond donors (Lipinski definition) is 3. The lowest BCUT2D eigenvalue weighted by atomic mass is 10.0. The first-order valence-electron chi connectivity index (χ1n) is 25.1. The van der Waals surface area contributed by atoms with Crippen molar-refractivity contribution in [3.05, 3.63) is 60.8 Å². The van der Waals surface area contributed by atoms with Crippen molar-refractivity contribution in [1.82, 2.24) is 5.32 Å². The van der Waals surface area contributed by atoms with Gasteiger partial charge in [0.15, 0.2) is 0 Å². The molecule has 3 atom stereocenters. The van der Waals surface area contributed by atoms with E-state index in [1.807, 2.05) is 12.2 Å². The SMILES string of the molecule is CC/C=C/C=C/C=C\CCCCCC(CC(=O)NC(CO)C(O)CCCCCCCCCCCCC)OC(=O)CCCCCCC/C=C/C=C/CCCCCCCCC. The summed E-state index contributed by atoms with van der Waals surface area (Å²) < 4.78 is 5.90. The van der Waals surface area contributed by atoms with Gasteiger partial charge in [-0.15, -0.1) is 0 Å². The summed E-state index contributed by atoms with van der Waals surface area (Å²) >= 11 is 0. The number of aliphatic hydroxyl groups is 2. The Kier molecular flexibility index (Phi) is 44.7. The summed E-state index contributed by atoms with van der Waals surface area (Å²) in [7, 11) is 0. The molecule has 6 nitrogen and oxygen atoms in total. The second kappa shape index (κ2) is 46.6. The lowest BCUT2D eigenvalue weighted by Gasteiger charge is -2.24. The second-order valence-corrected chi connectivity index (χ2v) is 16.9. The van der Waals surface area contributed by atoms with E-state index in [1.165, 1.54) is 103 Å². The summed E-state index contributed by atoms with van der Waals surface area (Å²) in [6, 6.07) is -0.716. The summed E-state index contributed by atoms with van der Waals surface area (Å²) in [6.07, 6.45) is 57.1. The zero-order valence-electron chi connectivity index (χ0n) is 38.9. The van der Waals surface area contributed by atoms with Gasteiger partial charge in [0.2, 0.25) is 5.91 Å². The molecular formula is C53H95NO5. The van der Waals surface area contributed by atoms with Crippen molar-refractivity contribution in [2.24, 2.45) is 0 Å². The maximum absolute atomic E-state index is 13.2. The van der Waals surface area contributed by atoms with Crippen LogP contribution in [0, 0.1) is 0 Å². The molecule has 3 N–H and O–H groups in total. The van der Waals surface area contributed by atoms with Crippen molar-refractivity contribution in [2.75, 3.05) is 6.61 Å². The summed E-state index contributed by atoms with van der Waals surface area (Å²) in [5.41, 5.74) is 0. The Labute approximate surface area is 365 Å². The third-order valence-corrected chi connectivity index (χ3v) is 11.2. The standard InChI is InChI=1S/C53H95NO5/c1-4-7-10-13-16-19-22-23-24-25-26-27-28-31-34-37-40-43-46-53(58)59-49(44-41-38-35-32-29-20-17-14-11-8-5-2)47-52(57)54-50(48-55)51(56)45-42-39-36-33-30-21-18-15-12-9-6-3/h8,11,14,17,20,24-27,29,49-51,55-56H,4-7,9-10,12-13,15-16,18-19,21-23,28,30-48H2,1-3H3,(H,54,57)/b11-8+,17-14+,25-24+,27-26+,29-20-. The molecule has 0 saturated heterocycles. The van der Waals surface area contributed by atoms with Gasteiger partial charge in [-0.3, -0.25) is 9.59 Å². The first-order chi connectivity index (χ1) is 29.0. The van der Waals surface area contributed by atoms with Gasteiger partial charge in [-0.25, -0.2) is 0 Å². The van der Waals surface area contributed by atoms with Crippen LogP contribution in [0.15, 0.2) is 60.8 Å². The van der Waals surface area contributed by atoms with Crippen LogP contribution in [0.4, 0.5) is 0 Å². The molecule has 0 aromatic rings. The maximum Gasteiger partial charge on any atom is 0.306 e. The van der Waals surface area contributed by atoms with Gasteiger partial charge in [0.1, 0.15) is 6.10 Å². The number of allylic oxidation sites excluding steroid dienone is 10. The molecule has 0 saturated carbocycles. The minimum absolute atomic E-state index is 0.0468. The molecule has 0 aliphatic heterocycles.